The summed E-state index contributed by atoms with van der Waals surface area (Å²) in [6, 6.07) is 13.7. The number of nitrogens with zero attached hydrogens (tertiary/aromatic N) is 1. The van der Waals surface area contributed by atoms with Gasteiger partial charge in [0, 0.05) is 25.0 Å². The maximum absolute atomic E-state index is 13.4. The Balaban J connectivity index is 1.74. The second-order valence-electron chi connectivity index (χ2n) is 9.76. The molecule has 1 amide bonds. The van der Waals surface area contributed by atoms with Crippen LogP contribution in [0.3, 0.4) is 0 Å². The summed E-state index contributed by atoms with van der Waals surface area (Å²) in [6.07, 6.45) is -5.83. The lowest BCUT2D eigenvalue weighted by Gasteiger charge is -2.29. The van der Waals surface area contributed by atoms with Crippen molar-refractivity contribution in [1.82, 2.24) is 4.90 Å². The van der Waals surface area contributed by atoms with E-state index in [-0.39, 0.29) is 31.7 Å². The lowest BCUT2D eigenvalue weighted by molar-refractivity contribution is -0.205. The van der Waals surface area contributed by atoms with Crippen LogP contribution in [-0.4, -0.2) is 47.7 Å². The minimum atomic E-state index is -5.10. The van der Waals surface area contributed by atoms with Gasteiger partial charge in [0.1, 0.15) is 11.9 Å². The molecule has 1 aliphatic rings. The van der Waals surface area contributed by atoms with E-state index >= 15 is 0 Å². The fourth-order valence-corrected chi connectivity index (χ4v) is 4.15. The minimum Gasteiger partial charge on any atom is -0.493 e. The highest BCUT2D eigenvalue weighted by Crippen LogP contribution is 2.30. The fraction of sp³-hybridized carbons (Fsp3) is 0.481. The molecule has 3 atom stereocenters. The Morgan fingerprint density at radius 2 is 1.64 bits per heavy atom. The molecular weight excluding hydrogens is 473 g/mol. The van der Waals surface area contributed by atoms with Crippen molar-refractivity contribution in [3.8, 4) is 5.75 Å². The third-order valence-corrected chi connectivity index (χ3v) is 6.11. The molecule has 0 heterocycles. The first-order valence-corrected chi connectivity index (χ1v) is 12.0. The van der Waals surface area contributed by atoms with Gasteiger partial charge in [-0.1, -0.05) is 55.8 Å². The van der Waals surface area contributed by atoms with Gasteiger partial charge in [-0.2, -0.15) is 13.2 Å². The zero-order valence-corrected chi connectivity index (χ0v) is 20.8. The summed E-state index contributed by atoms with van der Waals surface area (Å²) >= 11 is 0. The van der Waals surface area contributed by atoms with Gasteiger partial charge in [0.15, 0.2) is 0 Å². The standard InChI is InChI=1S/C27H33F3N2O4/c1-17(2)16-35-22-10-8-19(9-11-22)12-25(33)32(15-20-6-4-18(3)5-7-20)21-13-23(31)24(14-21)36-26(34)27(28,29)30/h4-11,17,21,23-24H,12-16,31H2,1-3H3/t21-,23+,24?/m1/s1. The molecule has 1 saturated carbocycles. The quantitative estimate of drug-likeness (QED) is 0.504. The van der Waals surface area contributed by atoms with Gasteiger partial charge in [0.25, 0.3) is 0 Å². The molecule has 0 saturated heterocycles. The summed E-state index contributed by atoms with van der Waals surface area (Å²) in [4.78, 5) is 26.4. The van der Waals surface area contributed by atoms with Crippen LogP contribution in [0.4, 0.5) is 13.2 Å². The Morgan fingerprint density at radius 3 is 2.22 bits per heavy atom. The van der Waals surface area contributed by atoms with E-state index < -0.39 is 30.3 Å². The maximum atomic E-state index is 13.4. The summed E-state index contributed by atoms with van der Waals surface area (Å²) < 4.78 is 48.4. The van der Waals surface area contributed by atoms with Crippen LogP contribution in [0.2, 0.25) is 0 Å². The second-order valence-corrected chi connectivity index (χ2v) is 9.76. The zero-order chi connectivity index (χ0) is 26.5. The number of alkyl halides is 3. The van der Waals surface area contributed by atoms with Gasteiger partial charge in [-0.15, -0.1) is 0 Å². The van der Waals surface area contributed by atoms with E-state index in [4.69, 9.17) is 10.5 Å². The van der Waals surface area contributed by atoms with Crippen LogP contribution >= 0.6 is 0 Å². The number of halogens is 3. The van der Waals surface area contributed by atoms with E-state index in [1.54, 1.807) is 4.90 Å². The normalized spacial score (nSPS) is 19.8. The average molecular weight is 507 g/mol. The van der Waals surface area contributed by atoms with Crippen molar-refractivity contribution in [2.45, 2.75) is 70.9 Å². The lowest BCUT2D eigenvalue weighted by atomic mass is 10.1. The van der Waals surface area contributed by atoms with E-state index in [2.05, 4.69) is 18.6 Å². The maximum Gasteiger partial charge on any atom is 0.490 e. The molecule has 1 aliphatic carbocycles. The monoisotopic (exact) mass is 506 g/mol. The van der Waals surface area contributed by atoms with E-state index in [1.165, 1.54) is 0 Å². The number of carbonyl (C=O) groups excluding carboxylic acids is 2. The lowest BCUT2D eigenvalue weighted by Crippen LogP contribution is -2.40. The number of hydrogen-bond donors (Lipinski definition) is 1. The molecule has 9 heteroatoms. The molecular formula is C27H33F3N2O4. The van der Waals surface area contributed by atoms with Crippen molar-refractivity contribution >= 4 is 11.9 Å². The van der Waals surface area contributed by atoms with Crippen molar-refractivity contribution in [2.24, 2.45) is 11.7 Å². The molecule has 0 radical (unpaired) electrons. The number of carbonyl (C=O) groups is 2. The fourth-order valence-electron chi connectivity index (χ4n) is 4.15. The number of nitrogens with two attached hydrogens (primary N) is 1. The molecule has 1 unspecified atom stereocenters. The largest absolute Gasteiger partial charge is 0.493 e. The van der Waals surface area contributed by atoms with Crippen molar-refractivity contribution in [3.63, 3.8) is 0 Å². The predicted octanol–water partition coefficient (Wildman–Crippen LogP) is 4.56. The first-order chi connectivity index (χ1) is 16.9. The van der Waals surface area contributed by atoms with Crippen LogP contribution < -0.4 is 10.5 Å². The Kier molecular flexibility index (Phi) is 9.00. The number of aryl methyl sites for hydroxylation is 1. The van der Waals surface area contributed by atoms with Crippen LogP contribution in [-0.2, 0) is 27.3 Å². The van der Waals surface area contributed by atoms with Crippen LogP contribution in [0, 0.1) is 12.8 Å². The molecule has 6 nitrogen and oxygen atoms in total. The number of hydrogen-bond acceptors (Lipinski definition) is 5. The molecule has 1 fully saturated rings. The van der Waals surface area contributed by atoms with Gasteiger partial charge < -0.3 is 20.1 Å². The zero-order valence-electron chi connectivity index (χ0n) is 20.8. The van der Waals surface area contributed by atoms with E-state index in [0.29, 0.717) is 18.3 Å². The van der Waals surface area contributed by atoms with Gasteiger partial charge in [-0.25, -0.2) is 4.79 Å². The Morgan fingerprint density at radius 1 is 1.03 bits per heavy atom. The highest BCUT2D eigenvalue weighted by Gasteiger charge is 2.46. The van der Waals surface area contributed by atoms with Crippen LogP contribution in [0.25, 0.3) is 0 Å². The smallest absolute Gasteiger partial charge is 0.490 e. The number of amides is 1. The molecule has 36 heavy (non-hydrogen) atoms. The van der Waals surface area contributed by atoms with E-state index in [1.807, 2.05) is 55.5 Å². The summed E-state index contributed by atoms with van der Waals surface area (Å²) in [5.41, 5.74) is 8.77. The van der Waals surface area contributed by atoms with Crippen molar-refractivity contribution in [3.05, 3.63) is 65.2 Å². The average Bonchev–Trinajstić information content (AvgIpc) is 3.17. The summed E-state index contributed by atoms with van der Waals surface area (Å²) in [7, 11) is 0. The van der Waals surface area contributed by atoms with Crippen LogP contribution in [0.1, 0.15) is 43.4 Å². The molecule has 0 aliphatic heterocycles. The van der Waals surface area contributed by atoms with Crippen molar-refractivity contribution < 1.29 is 32.2 Å². The summed E-state index contributed by atoms with van der Waals surface area (Å²) in [6.45, 7) is 6.92. The second kappa shape index (κ2) is 11.8. The first-order valence-electron chi connectivity index (χ1n) is 12.0. The number of ether oxygens (including phenoxy) is 2. The Hall–Kier alpha value is -3.07. The molecule has 0 aromatic heterocycles. The SMILES string of the molecule is Cc1ccc(CN(C(=O)Cc2ccc(OCC(C)C)cc2)[C@H]2CC(OC(=O)C(F)(F)F)[C@@H](N)C2)cc1. The molecule has 196 valence electrons. The van der Waals surface area contributed by atoms with Crippen LogP contribution in [0.5, 0.6) is 5.75 Å². The molecule has 2 aromatic rings. The Labute approximate surface area is 209 Å². The number of esters is 1. The topological polar surface area (TPSA) is 81.9 Å². The summed E-state index contributed by atoms with van der Waals surface area (Å²) in [5.74, 6) is -1.35. The molecule has 2 N–H and O–H groups in total. The molecule has 3 rings (SSSR count). The Bertz CT molecular complexity index is 1020. The van der Waals surface area contributed by atoms with Crippen LogP contribution in [0.15, 0.2) is 48.5 Å². The number of rotatable bonds is 9. The van der Waals surface area contributed by atoms with E-state index in [0.717, 1.165) is 16.7 Å². The van der Waals surface area contributed by atoms with Gasteiger partial charge in [-0.3, -0.25) is 4.79 Å². The number of benzene rings is 2. The molecule has 0 spiro atoms. The van der Waals surface area contributed by atoms with Gasteiger partial charge in [0.2, 0.25) is 5.91 Å². The third kappa shape index (κ3) is 7.71. The van der Waals surface area contributed by atoms with E-state index in [9.17, 15) is 22.8 Å². The molecule has 0 bridgehead atoms. The summed E-state index contributed by atoms with van der Waals surface area (Å²) in [5, 5.41) is 0. The minimum absolute atomic E-state index is 0.0442. The highest BCUT2D eigenvalue weighted by molar-refractivity contribution is 5.79. The molecule has 2 aromatic carbocycles. The third-order valence-electron chi connectivity index (χ3n) is 6.11. The van der Waals surface area contributed by atoms with Gasteiger partial charge >= 0.3 is 12.1 Å². The highest BCUT2D eigenvalue weighted by atomic mass is 19.4. The van der Waals surface area contributed by atoms with Gasteiger partial charge in [-0.05, 0) is 42.5 Å². The van der Waals surface area contributed by atoms with Crippen molar-refractivity contribution in [2.75, 3.05) is 6.61 Å². The predicted molar refractivity (Wildman–Crippen MR) is 129 cm³/mol. The van der Waals surface area contributed by atoms with Gasteiger partial charge in [0.05, 0.1) is 13.0 Å². The first kappa shape index (κ1) is 27.5. The van der Waals surface area contributed by atoms with Crippen molar-refractivity contribution in [1.29, 1.82) is 0 Å².